The molecule has 0 fully saturated rings. The molecular formula is C16H19Cl2N5O2. The van der Waals surface area contributed by atoms with Gasteiger partial charge in [0, 0.05) is 36.2 Å². The van der Waals surface area contributed by atoms with E-state index in [-0.39, 0.29) is 23.8 Å². The first-order valence-corrected chi connectivity index (χ1v) is 7.86. The molecule has 0 radical (unpaired) electrons. The van der Waals surface area contributed by atoms with Gasteiger partial charge in [0.25, 0.3) is 11.8 Å². The van der Waals surface area contributed by atoms with Crippen LogP contribution in [0.4, 0.5) is 5.69 Å². The molecule has 0 bridgehead atoms. The highest BCUT2D eigenvalue weighted by molar-refractivity contribution is 6.30. The van der Waals surface area contributed by atoms with Gasteiger partial charge in [-0.05, 0) is 30.8 Å². The van der Waals surface area contributed by atoms with E-state index in [2.05, 4.69) is 25.9 Å². The topological polar surface area (TPSA) is 96.0 Å². The Bertz CT molecular complexity index is 710. The average Bonchev–Trinajstić information content (AvgIpc) is 2.60. The van der Waals surface area contributed by atoms with Gasteiger partial charge in [-0.1, -0.05) is 18.5 Å². The van der Waals surface area contributed by atoms with Crippen LogP contribution in [-0.4, -0.2) is 41.4 Å². The minimum Gasteiger partial charge on any atom is -0.349 e. The van der Waals surface area contributed by atoms with Crippen LogP contribution in [0.5, 0.6) is 0 Å². The van der Waals surface area contributed by atoms with Crippen molar-refractivity contribution in [3.8, 4) is 0 Å². The van der Waals surface area contributed by atoms with Crippen molar-refractivity contribution in [3.63, 3.8) is 0 Å². The third-order valence-corrected chi connectivity index (χ3v) is 3.32. The zero-order chi connectivity index (χ0) is 17.4. The SMILES string of the molecule is CCNCCNC(=O)c1nccnc1C(=O)Nc1ccc(Cl)cc1.Cl. The molecule has 2 aromatic rings. The monoisotopic (exact) mass is 383 g/mol. The number of hydrogen-bond donors (Lipinski definition) is 3. The molecule has 7 nitrogen and oxygen atoms in total. The Hall–Kier alpha value is -2.22. The van der Waals surface area contributed by atoms with Gasteiger partial charge >= 0.3 is 0 Å². The maximum atomic E-state index is 12.4. The number of halogens is 2. The smallest absolute Gasteiger partial charge is 0.276 e. The molecule has 0 aliphatic rings. The van der Waals surface area contributed by atoms with E-state index in [1.54, 1.807) is 24.3 Å². The van der Waals surface area contributed by atoms with Crippen LogP contribution in [0.1, 0.15) is 27.9 Å². The first kappa shape index (κ1) is 20.8. The minimum absolute atomic E-state index is 0. The fraction of sp³-hybridized carbons (Fsp3) is 0.250. The number of carbonyl (C=O) groups excluding carboxylic acids is 2. The van der Waals surface area contributed by atoms with Crippen molar-refractivity contribution in [2.75, 3.05) is 25.0 Å². The maximum absolute atomic E-state index is 12.4. The fourth-order valence-corrected chi connectivity index (χ4v) is 2.04. The summed E-state index contributed by atoms with van der Waals surface area (Å²) in [5.74, 6) is -0.954. The number of amides is 2. The summed E-state index contributed by atoms with van der Waals surface area (Å²) < 4.78 is 0. The maximum Gasteiger partial charge on any atom is 0.276 e. The van der Waals surface area contributed by atoms with Crippen molar-refractivity contribution in [1.82, 2.24) is 20.6 Å². The molecule has 0 atom stereocenters. The Balaban J connectivity index is 0.00000312. The first-order valence-electron chi connectivity index (χ1n) is 7.48. The summed E-state index contributed by atoms with van der Waals surface area (Å²) in [6.07, 6.45) is 2.74. The lowest BCUT2D eigenvalue weighted by atomic mass is 10.2. The zero-order valence-electron chi connectivity index (χ0n) is 13.6. The van der Waals surface area contributed by atoms with Crippen LogP contribution in [0.3, 0.4) is 0 Å². The van der Waals surface area contributed by atoms with E-state index in [4.69, 9.17) is 11.6 Å². The average molecular weight is 384 g/mol. The van der Waals surface area contributed by atoms with Crippen LogP contribution in [0.15, 0.2) is 36.7 Å². The number of anilines is 1. The van der Waals surface area contributed by atoms with Gasteiger partial charge in [-0.25, -0.2) is 9.97 Å². The van der Waals surface area contributed by atoms with E-state index in [0.29, 0.717) is 23.8 Å². The number of hydrogen-bond acceptors (Lipinski definition) is 5. The third kappa shape index (κ3) is 6.30. The molecule has 0 aliphatic carbocycles. The van der Waals surface area contributed by atoms with Gasteiger partial charge in [0.05, 0.1) is 0 Å². The number of likely N-dealkylation sites (N-methyl/N-ethyl adjacent to an activating group) is 1. The zero-order valence-corrected chi connectivity index (χ0v) is 15.2. The molecule has 2 amide bonds. The van der Waals surface area contributed by atoms with Gasteiger partial charge < -0.3 is 16.0 Å². The van der Waals surface area contributed by atoms with Gasteiger partial charge in [-0.3, -0.25) is 9.59 Å². The Morgan fingerprint density at radius 2 is 1.60 bits per heavy atom. The summed E-state index contributed by atoms with van der Waals surface area (Å²) in [4.78, 5) is 32.5. The van der Waals surface area contributed by atoms with E-state index < -0.39 is 11.8 Å². The lowest BCUT2D eigenvalue weighted by molar-refractivity contribution is 0.0933. The summed E-state index contributed by atoms with van der Waals surface area (Å²) in [5, 5.41) is 9.02. The number of nitrogens with zero attached hydrogens (tertiary/aromatic N) is 2. The summed E-state index contributed by atoms with van der Waals surface area (Å²) in [5.41, 5.74) is 0.502. The molecule has 2 rings (SSSR count). The molecule has 0 aliphatic heterocycles. The van der Waals surface area contributed by atoms with Gasteiger partial charge in [0.1, 0.15) is 0 Å². The standard InChI is InChI=1S/C16H18ClN5O2.ClH/c1-2-18-7-8-21-15(23)13-14(20-10-9-19-13)16(24)22-12-5-3-11(17)4-6-12;/h3-6,9-10,18H,2,7-8H2,1H3,(H,21,23)(H,22,24);1H. The number of aromatic nitrogens is 2. The van der Waals surface area contributed by atoms with Crippen molar-refractivity contribution in [2.24, 2.45) is 0 Å². The molecular weight excluding hydrogens is 365 g/mol. The van der Waals surface area contributed by atoms with Crippen molar-refractivity contribution in [3.05, 3.63) is 53.1 Å². The third-order valence-electron chi connectivity index (χ3n) is 3.07. The highest BCUT2D eigenvalue weighted by Gasteiger charge is 2.19. The second-order valence-electron chi connectivity index (χ2n) is 4.82. The Kier molecular flexibility index (Phi) is 8.83. The lowest BCUT2D eigenvalue weighted by Crippen LogP contribution is -2.33. The number of rotatable bonds is 7. The molecule has 3 N–H and O–H groups in total. The normalized spacial score (nSPS) is 9.84. The van der Waals surface area contributed by atoms with Crippen LogP contribution in [0.25, 0.3) is 0 Å². The Morgan fingerprint density at radius 3 is 2.20 bits per heavy atom. The summed E-state index contributed by atoms with van der Waals surface area (Å²) in [6, 6.07) is 6.63. The summed E-state index contributed by atoms with van der Waals surface area (Å²) >= 11 is 5.81. The van der Waals surface area contributed by atoms with E-state index in [0.717, 1.165) is 6.54 Å². The van der Waals surface area contributed by atoms with Crippen molar-refractivity contribution in [1.29, 1.82) is 0 Å². The lowest BCUT2D eigenvalue weighted by Gasteiger charge is -2.09. The van der Waals surface area contributed by atoms with Gasteiger partial charge in [-0.15, -0.1) is 12.4 Å². The van der Waals surface area contributed by atoms with Crippen LogP contribution in [-0.2, 0) is 0 Å². The molecule has 1 heterocycles. The van der Waals surface area contributed by atoms with E-state index >= 15 is 0 Å². The summed E-state index contributed by atoms with van der Waals surface area (Å²) in [6.45, 7) is 3.86. The van der Waals surface area contributed by atoms with Crippen molar-refractivity contribution >= 4 is 41.5 Å². The quantitative estimate of drug-likeness (QED) is 0.636. The largest absolute Gasteiger partial charge is 0.349 e. The first-order chi connectivity index (χ1) is 11.6. The molecule has 25 heavy (non-hydrogen) atoms. The minimum atomic E-state index is -0.512. The number of carbonyl (C=O) groups is 2. The van der Waals surface area contributed by atoms with E-state index in [9.17, 15) is 9.59 Å². The van der Waals surface area contributed by atoms with E-state index in [1.807, 2.05) is 6.92 Å². The highest BCUT2D eigenvalue weighted by atomic mass is 35.5. The van der Waals surface area contributed by atoms with Crippen molar-refractivity contribution < 1.29 is 9.59 Å². The van der Waals surface area contributed by atoms with Gasteiger partial charge in [-0.2, -0.15) is 0 Å². The van der Waals surface area contributed by atoms with Gasteiger partial charge in [0.2, 0.25) is 0 Å². The van der Waals surface area contributed by atoms with Crippen LogP contribution in [0, 0.1) is 0 Å². The molecule has 1 aromatic carbocycles. The Morgan fingerprint density at radius 1 is 1.00 bits per heavy atom. The fourth-order valence-electron chi connectivity index (χ4n) is 1.92. The van der Waals surface area contributed by atoms with Crippen LogP contribution >= 0.6 is 24.0 Å². The van der Waals surface area contributed by atoms with Crippen LogP contribution in [0.2, 0.25) is 5.02 Å². The Labute approximate surface area is 157 Å². The second kappa shape index (κ2) is 10.6. The van der Waals surface area contributed by atoms with E-state index in [1.165, 1.54) is 12.4 Å². The number of nitrogens with one attached hydrogen (secondary N) is 3. The predicted molar refractivity (Wildman–Crippen MR) is 99.6 cm³/mol. The van der Waals surface area contributed by atoms with Crippen LogP contribution < -0.4 is 16.0 Å². The van der Waals surface area contributed by atoms with Gasteiger partial charge in [0.15, 0.2) is 11.4 Å². The molecule has 1 aromatic heterocycles. The predicted octanol–water partition coefficient (Wildman–Crippen LogP) is 2.14. The molecule has 0 saturated carbocycles. The molecule has 0 saturated heterocycles. The molecule has 134 valence electrons. The second-order valence-corrected chi connectivity index (χ2v) is 5.26. The highest BCUT2D eigenvalue weighted by Crippen LogP contribution is 2.14. The molecule has 0 spiro atoms. The summed E-state index contributed by atoms with van der Waals surface area (Å²) in [7, 11) is 0. The molecule has 9 heteroatoms. The number of benzene rings is 1. The molecule has 0 unspecified atom stereocenters. The van der Waals surface area contributed by atoms with Crippen molar-refractivity contribution in [2.45, 2.75) is 6.92 Å².